The van der Waals surface area contributed by atoms with Gasteiger partial charge in [0.25, 0.3) is 0 Å². The normalized spacial score (nSPS) is 20.9. The number of allylic oxidation sites excluding steroid dienone is 2. The average Bonchev–Trinajstić information content (AvgIpc) is 3.16. The van der Waals surface area contributed by atoms with Gasteiger partial charge in [-0.1, -0.05) is 31.5 Å². The molecule has 2 rings (SSSR count). The van der Waals surface area contributed by atoms with Crippen LogP contribution in [0.2, 0.25) is 0 Å². The second kappa shape index (κ2) is 7.87. The first-order valence-electron chi connectivity index (χ1n) is 7.96. The summed E-state index contributed by atoms with van der Waals surface area (Å²) in [6.07, 6.45) is 0.785. The number of carbonyl (C=O) groups is 1. The Morgan fingerprint density at radius 2 is 1.74 bits per heavy atom. The smallest absolute Gasteiger partial charge is 0.310 e. The van der Waals surface area contributed by atoms with Crippen LogP contribution in [0, 0.1) is 51.9 Å². The van der Waals surface area contributed by atoms with Gasteiger partial charge in [0.05, 0.1) is 11.5 Å². The third kappa shape index (κ3) is 3.94. The molecule has 1 saturated carbocycles. The van der Waals surface area contributed by atoms with E-state index in [9.17, 15) is 22.4 Å². The van der Waals surface area contributed by atoms with E-state index in [-0.39, 0.29) is 5.03 Å². The van der Waals surface area contributed by atoms with Crippen molar-refractivity contribution in [2.24, 2.45) is 17.3 Å². The Kier molecular flexibility index (Phi) is 6.17. The molecule has 0 aliphatic heterocycles. The van der Waals surface area contributed by atoms with Crippen LogP contribution >= 0.6 is 11.6 Å². The van der Waals surface area contributed by atoms with Gasteiger partial charge in [-0.2, -0.15) is 5.26 Å². The molecule has 4 nitrogen and oxygen atoms in total. The van der Waals surface area contributed by atoms with Crippen molar-refractivity contribution >= 4 is 17.6 Å². The van der Waals surface area contributed by atoms with Gasteiger partial charge in [0, 0.05) is 18.6 Å². The molecule has 1 aliphatic rings. The molecular formula is C18H16ClF4NO3. The maximum Gasteiger partial charge on any atom is 0.310 e. The van der Waals surface area contributed by atoms with Crippen LogP contribution in [-0.2, 0) is 22.6 Å². The number of hydrogen-bond donors (Lipinski definition) is 1. The maximum absolute atomic E-state index is 14.0. The van der Waals surface area contributed by atoms with E-state index in [0.29, 0.717) is 0 Å². The number of halogens is 5. The van der Waals surface area contributed by atoms with Gasteiger partial charge in [0.2, 0.25) is 0 Å². The molecule has 1 fully saturated rings. The maximum atomic E-state index is 14.0. The molecule has 2 atom stereocenters. The SMILES string of the molecule is CC1(C)[C@H](C=C(Cl)C#N)[C@H]1C(=O)OCc1c(F)c(F)c(CCO)c(F)c1F. The second-order valence-corrected chi connectivity index (χ2v) is 7.15. The molecule has 0 amide bonds. The number of nitriles is 1. The number of ether oxygens (including phenoxy) is 1. The zero-order valence-electron chi connectivity index (χ0n) is 14.5. The molecule has 27 heavy (non-hydrogen) atoms. The Bertz CT molecular complexity index is 819. The van der Waals surface area contributed by atoms with Gasteiger partial charge in [-0.05, 0) is 11.3 Å². The van der Waals surface area contributed by atoms with Crippen molar-refractivity contribution < 1.29 is 32.2 Å². The summed E-state index contributed by atoms with van der Waals surface area (Å²) in [5, 5.41) is 17.3. The van der Waals surface area contributed by atoms with Crippen LogP contribution in [0.4, 0.5) is 17.6 Å². The summed E-state index contributed by atoms with van der Waals surface area (Å²) in [6.45, 7) is 1.73. The highest BCUT2D eigenvalue weighted by Crippen LogP contribution is 2.60. The molecule has 0 aromatic heterocycles. The molecule has 9 heteroatoms. The van der Waals surface area contributed by atoms with Crippen LogP contribution in [0.3, 0.4) is 0 Å². The van der Waals surface area contributed by atoms with Gasteiger partial charge in [-0.25, -0.2) is 17.6 Å². The topological polar surface area (TPSA) is 70.3 Å². The number of aliphatic hydroxyl groups excluding tert-OH is 1. The van der Waals surface area contributed by atoms with Gasteiger partial charge < -0.3 is 9.84 Å². The van der Waals surface area contributed by atoms with E-state index in [1.54, 1.807) is 19.9 Å². The minimum atomic E-state index is -1.68. The highest BCUT2D eigenvalue weighted by molar-refractivity contribution is 6.31. The summed E-state index contributed by atoms with van der Waals surface area (Å²) < 4.78 is 60.6. The summed E-state index contributed by atoms with van der Waals surface area (Å²) >= 11 is 5.63. The molecule has 0 unspecified atom stereocenters. The third-order valence-electron chi connectivity index (χ3n) is 4.76. The summed E-state index contributed by atoms with van der Waals surface area (Å²) in [5.41, 5.74) is -2.56. The number of benzene rings is 1. The predicted octanol–water partition coefficient (Wildman–Crippen LogP) is 3.74. The van der Waals surface area contributed by atoms with Gasteiger partial charge in [-0.3, -0.25) is 4.79 Å². The molecule has 146 valence electrons. The lowest BCUT2D eigenvalue weighted by Gasteiger charge is -2.12. The molecule has 0 saturated heterocycles. The third-order valence-corrected chi connectivity index (χ3v) is 4.97. The largest absolute Gasteiger partial charge is 0.460 e. The molecule has 1 aliphatic carbocycles. The molecule has 1 aromatic rings. The second-order valence-electron chi connectivity index (χ2n) is 6.75. The first-order chi connectivity index (χ1) is 12.6. The minimum absolute atomic E-state index is 0.107. The van der Waals surface area contributed by atoms with Crippen LogP contribution in [0.1, 0.15) is 25.0 Å². The van der Waals surface area contributed by atoms with Crippen molar-refractivity contribution in [3.8, 4) is 6.07 Å². The van der Waals surface area contributed by atoms with Crippen LogP contribution in [-0.4, -0.2) is 17.7 Å². The number of aliphatic hydroxyl groups is 1. The lowest BCUT2D eigenvalue weighted by atomic mass is 10.1. The number of esters is 1. The predicted molar refractivity (Wildman–Crippen MR) is 87.2 cm³/mol. The first-order valence-corrected chi connectivity index (χ1v) is 8.34. The summed E-state index contributed by atoms with van der Waals surface area (Å²) in [4.78, 5) is 12.2. The quantitative estimate of drug-likeness (QED) is 0.339. The molecule has 1 aromatic carbocycles. The van der Waals surface area contributed by atoms with Gasteiger partial charge in [0.1, 0.15) is 17.7 Å². The van der Waals surface area contributed by atoms with Gasteiger partial charge in [-0.15, -0.1) is 0 Å². The van der Waals surface area contributed by atoms with Crippen molar-refractivity contribution in [1.82, 2.24) is 0 Å². The highest BCUT2D eigenvalue weighted by Gasteiger charge is 2.61. The number of rotatable bonds is 6. The molecule has 1 N–H and O–H groups in total. The van der Waals surface area contributed by atoms with E-state index in [1.807, 2.05) is 0 Å². The van der Waals surface area contributed by atoms with E-state index < -0.39 is 77.3 Å². The Morgan fingerprint density at radius 1 is 1.22 bits per heavy atom. The summed E-state index contributed by atoms with van der Waals surface area (Å²) in [5.74, 6) is -8.58. The number of hydrogen-bond acceptors (Lipinski definition) is 4. The summed E-state index contributed by atoms with van der Waals surface area (Å²) in [7, 11) is 0. The Hall–Kier alpha value is -2.11. The zero-order chi connectivity index (χ0) is 20.5. The monoisotopic (exact) mass is 405 g/mol. The van der Waals surface area contributed by atoms with E-state index in [1.165, 1.54) is 6.08 Å². The fourth-order valence-corrected chi connectivity index (χ4v) is 3.18. The Balaban J connectivity index is 2.18. The fourth-order valence-electron chi connectivity index (χ4n) is 3.05. The van der Waals surface area contributed by atoms with Crippen LogP contribution in [0.25, 0.3) is 0 Å². The molecule has 0 heterocycles. The average molecular weight is 406 g/mol. The highest BCUT2D eigenvalue weighted by atomic mass is 35.5. The van der Waals surface area contributed by atoms with Crippen molar-refractivity contribution in [2.45, 2.75) is 26.9 Å². The van der Waals surface area contributed by atoms with Gasteiger partial charge >= 0.3 is 5.97 Å². The Morgan fingerprint density at radius 3 is 2.22 bits per heavy atom. The van der Waals surface area contributed by atoms with Crippen LogP contribution < -0.4 is 0 Å². The van der Waals surface area contributed by atoms with E-state index in [0.717, 1.165) is 0 Å². The van der Waals surface area contributed by atoms with Crippen molar-refractivity contribution in [3.63, 3.8) is 0 Å². The zero-order valence-corrected chi connectivity index (χ0v) is 15.2. The summed E-state index contributed by atoms with van der Waals surface area (Å²) in [6, 6.07) is 1.71. The number of nitrogens with zero attached hydrogens (tertiary/aromatic N) is 1. The minimum Gasteiger partial charge on any atom is -0.460 e. The molecule has 0 bridgehead atoms. The lowest BCUT2D eigenvalue weighted by molar-refractivity contribution is -0.147. The van der Waals surface area contributed by atoms with Crippen LogP contribution in [0.15, 0.2) is 11.1 Å². The van der Waals surface area contributed by atoms with E-state index in [4.69, 9.17) is 26.7 Å². The van der Waals surface area contributed by atoms with E-state index in [2.05, 4.69) is 0 Å². The molecule has 0 spiro atoms. The van der Waals surface area contributed by atoms with Crippen molar-refractivity contribution in [1.29, 1.82) is 5.26 Å². The van der Waals surface area contributed by atoms with E-state index >= 15 is 0 Å². The number of carbonyl (C=O) groups excluding carboxylic acids is 1. The fraction of sp³-hybridized carbons (Fsp3) is 0.444. The molecular weight excluding hydrogens is 390 g/mol. The van der Waals surface area contributed by atoms with Gasteiger partial charge in [0.15, 0.2) is 23.3 Å². The van der Waals surface area contributed by atoms with Crippen molar-refractivity contribution in [3.05, 3.63) is 45.5 Å². The Labute approximate surface area is 158 Å². The first kappa shape index (κ1) is 21.2. The lowest BCUT2D eigenvalue weighted by Crippen LogP contribution is -2.15. The van der Waals surface area contributed by atoms with Crippen LogP contribution in [0.5, 0.6) is 0 Å². The molecule has 0 radical (unpaired) electrons. The van der Waals surface area contributed by atoms with Crippen molar-refractivity contribution in [2.75, 3.05) is 6.61 Å². The standard InChI is InChI=1S/C18H16ClF4NO3/c1-18(2)11(5-8(19)6-24)12(18)17(26)27-7-10-15(22)13(20)9(3-4-25)14(21)16(10)23/h5,11-12,25H,3-4,7H2,1-2H3/t11-,12+/m1/s1.